The minimum Gasteiger partial charge on any atom is -0.494 e. The van der Waals surface area contributed by atoms with E-state index >= 15 is 0 Å². The van der Waals surface area contributed by atoms with Crippen molar-refractivity contribution in [2.75, 3.05) is 19.0 Å². The van der Waals surface area contributed by atoms with E-state index in [1.165, 1.54) is 24.3 Å². The van der Waals surface area contributed by atoms with E-state index in [0.29, 0.717) is 0 Å². The molecular formula is C17H19FN2O. The van der Waals surface area contributed by atoms with Crippen LogP contribution in [0.1, 0.15) is 23.6 Å². The molecule has 1 aliphatic rings. The van der Waals surface area contributed by atoms with Gasteiger partial charge in [-0.05, 0) is 36.2 Å². The van der Waals surface area contributed by atoms with Crippen LogP contribution in [0.4, 0.5) is 10.1 Å². The number of hydrogen-bond acceptors (Lipinski definition) is 3. The molecule has 1 aliphatic heterocycles. The van der Waals surface area contributed by atoms with E-state index in [9.17, 15) is 4.39 Å². The molecule has 0 fully saturated rings. The van der Waals surface area contributed by atoms with Gasteiger partial charge >= 0.3 is 0 Å². The Balaban J connectivity index is 1.86. The van der Waals surface area contributed by atoms with Gasteiger partial charge in [0.1, 0.15) is 0 Å². The second-order valence-corrected chi connectivity index (χ2v) is 5.21. The van der Waals surface area contributed by atoms with Crippen molar-refractivity contribution in [2.24, 2.45) is 0 Å². The van der Waals surface area contributed by atoms with Crippen LogP contribution in [0.2, 0.25) is 0 Å². The second-order valence-electron chi connectivity index (χ2n) is 5.21. The molecule has 3 rings (SSSR count). The van der Waals surface area contributed by atoms with Crippen molar-refractivity contribution in [3.63, 3.8) is 0 Å². The highest BCUT2D eigenvalue weighted by Crippen LogP contribution is 2.29. The van der Waals surface area contributed by atoms with Crippen molar-refractivity contribution >= 4 is 5.69 Å². The van der Waals surface area contributed by atoms with E-state index in [2.05, 4.69) is 28.8 Å². The van der Waals surface area contributed by atoms with Crippen molar-refractivity contribution in [3.05, 3.63) is 59.4 Å². The number of benzene rings is 2. The molecule has 1 unspecified atom stereocenters. The number of halogens is 1. The smallest absolute Gasteiger partial charge is 0.167 e. The quantitative estimate of drug-likeness (QED) is 0.906. The summed E-state index contributed by atoms with van der Waals surface area (Å²) < 4.78 is 18.8. The van der Waals surface area contributed by atoms with E-state index in [1.54, 1.807) is 6.07 Å². The third-order valence-electron chi connectivity index (χ3n) is 3.85. The van der Waals surface area contributed by atoms with Crippen LogP contribution in [0.5, 0.6) is 5.75 Å². The molecule has 0 bridgehead atoms. The Bertz CT molecular complexity index is 630. The van der Waals surface area contributed by atoms with Crippen molar-refractivity contribution in [1.29, 1.82) is 0 Å². The van der Waals surface area contributed by atoms with Gasteiger partial charge in [0.25, 0.3) is 0 Å². The Hall–Kier alpha value is -2.07. The molecule has 2 N–H and O–H groups in total. The summed E-state index contributed by atoms with van der Waals surface area (Å²) in [7, 11) is 1.47. The van der Waals surface area contributed by atoms with Crippen LogP contribution < -0.4 is 15.4 Å². The largest absolute Gasteiger partial charge is 0.494 e. The number of hydrogen-bond donors (Lipinski definition) is 2. The zero-order valence-electron chi connectivity index (χ0n) is 12.0. The van der Waals surface area contributed by atoms with Crippen LogP contribution in [-0.4, -0.2) is 13.7 Å². The monoisotopic (exact) mass is 286 g/mol. The fourth-order valence-corrected chi connectivity index (χ4v) is 2.77. The molecule has 0 saturated carbocycles. The first kappa shape index (κ1) is 13.9. The van der Waals surface area contributed by atoms with Crippen LogP contribution in [0.15, 0.2) is 42.5 Å². The fraction of sp³-hybridized carbons (Fsp3) is 0.294. The third kappa shape index (κ3) is 3.00. The van der Waals surface area contributed by atoms with E-state index < -0.39 is 0 Å². The number of ether oxygens (including phenoxy) is 1. The number of nitrogens with one attached hydrogen (secondary N) is 2. The number of fused-ring (bicyclic) bond motifs is 1. The fourth-order valence-electron chi connectivity index (χ4n) is 2.77. The van der Waals surface area contributed by atoms with Crippen molar-refractivity contribution in [2.45, 2.75) is 19.0 Å². The lowest BCUT2D eigenvalue weighted by atomic mass is 9.99. The summed E-state index contributed by atoms with van der Waals surface area (Å²) in [4.78, 5) is 0. The topological polar surface area (TPSA) is 33.3 Å². The predicted octanol–water partition coefficient (Wildman–Crippen LogP) is 3.48. The zero-order valence-corrected chi connectivity index (χ0v) is 12.0. The molecule has 2 aromatic carbocycles. The van der Waals surface area contributed by atoms with Gasteiger partial charge in [-0.25, -0.2) is 4.39 Å². The average molecular weight is 286 g/mol. The van der Waals surface area contributed by atoms with Gasteiger partial charge in [0, 0.05) is 18.3 Å². The molecule has 0 spiro atoms. The van der Waals surface area contributed by atoms with Crippen molar-refractivity contribution in [3.8, 4) is 5.75 Å². The maximum absolute atomic E-state index is 13.8. The van der Waals surface area contributed by atoms with Crippen molar-refractivity contribution < 1.29 is 9.13 Å². The Morgan fingerprint density at radius 1 is 1.24 bits per heavy atom. The lowest BCUT2D eigenvalue weighted by Gasteiger charge is -2.20. The van der Waals surface area contributed by atoms with Crippen LogP contribution in [0.25, 0.3) is 0 Å². The molecule has 0 saturated heterocycles. The highest BCUT2D eigenvalue weighted by Gasteiger charge is 2.18. The Morgan fingerprint density at radius 2 is 2.10 bits per heavy atom. The van der Waals surface area contributed by atoms with E-state index in [-0.39, 0.29) is 17.6 Å². The molecule has 4 heteroatoms. The second kappa shape index (κ2) is 6.14. The first-order chi connectivity index (χ1) is 10.3. The van der Waals surface area contributed by atoms with Gasteiger partial charge in [0.15, 0.2) is 11.6 Å². The van der Waals surface area contributed by atoms with Gasteiger partial charge in [0.2, 0.25) is 0 Å². The van der Waals surface area contributed by atoms with E-state index in [1.807, 2.05) is 12.1 Å². The summed E-state index contributed by atoms with van der Waals surface area (Å²) in [6.07, 6.45) is 0.963. The Labute approximate surface area is 124 Å². The molecule has 0 amide bonds. The van der Waals surface area contributed by atoms with Gasteiger partial charge in [-0.3, -0.25) is 0 Å². The molecule has 2 aromatic rings. The third-order valence-corrected chi connectivity index (χ3v) is 3.85. The summed E-state index contributed by atoms with van der Waals surface area (Å²) in [6, 6.07) is 13.5. The predicted molar refractivity (Wildman–Crippen MR) is 82.1 cm³/mol. The summed E-state index contributed by atoms with van der Waals surface area (Å²) in [6.45, 7) is 1.82. The summed E-state index contributed by atoms with van der Waals surface area (Å²) >= 11 is 0. The summed E-state index contributed by atoms with van der Waals surface area (Å²) in [5.74, 6) is -0.0778. The minimum absolute atomic E-state index is 0.184. The molecule has 1 atom stereocenters. The van der Waals surface area contributed by atoms with Crippen LogP contribution >= 0.6 is 0 Å². The van der Waals surface area contributed by atoms with Gasteiger partial charge < -0.3 is 15.4 Å². The lowest BCUT2D eigenvalue weighted by molar-refractivity contribution is 0.386. The average Bonchev–Trinajstić information content (AvgIpc) is 2.70. The number of anilines is 1. The van der Waals surface area contributed by atoms with Crippen LogP contribution in [0.3, 0.4) is 0 Å². The normalized spacial score (nSPS) is 17.7. The van der Waals surface area contributed by atoms with Gasteiger partial charge in [0.05, 0.1) is 13.2 Å². The molecule has 1 heterocycles. The number of methoxy groups -OCH3 is 1. The highest BCUT2D eigenvalue weighted by molar-refractivity contribution is 5.50. The molecular weight excluding hydrogens is 267 g/mol. The highest BCUT2D eigenvalue weighted by atomic mass is 19.1. The standard InChI is InChI=1S/C17H19FN2O/c1-21-17-7-6-13(10-15(17)18)20-16-8-9-19-11-12-4-2-3-5-14(12)16/h2-7,10,16,19-20H,8-9,11H2,1H3. The van der Waals surface area contributed by atoms with Crippen LogP contribution in [0, 0.1) is 5.82 Å². The van der Waals surface area contributed by atoms with Crippen LogP contribution in [-0.2, 0) is 6.54 Å². The Morgan fingerprint density at radius 3 is 2.90 bits per heavy atom. The van der Waals surface area contributed by atoms with E-state index in [0.717, 1.165) is 25.2 Å². The molecule has 110 valence electrons. The summed E-state index contributed by atoms with van der Waals surface area (Å²) in [5.41, 5.74) is 3.34. The maximum Gasteiger partial charge on any atom is 0.167 e. The van der Waals surface area contributed by atoms with E-state index in [4.69, 9.17) is 4.74 Å². The molecule has 21 heavy (non-hydrogen) atoms. The molecule has 0 aliphatic carbocycles. The Kier molecular flexibility index (Phi) is 4.06. The SMILES string of the molecule is COc1ccc(NC2CCNCc3ccccc32)cc1F. The molecule has 3 nitrogen and oxygen atoms in total. The first-order valence-electron chi connectivity index (χ1n) is 7.16. The van der Waals surface area contributed by atoms with Gasteiger partial charge in [-0.2, -0.15) is 0 Å². The molecule has 0 radical (unpaired) electrons. The van der Waals surface area contributed by atoms with Crippen molar-refractivity contribution in [1.82, 2.24) is 5.32 Å². The maximum atomic E-state index is 13.8. The minimum atomic E-state index is -0.345. The number of rotatable bonds is 3. The lowest BCUT2D eigenvalue weighted by Crippen LogP contribution is -2.15. The molecule has 0 aromatic heterocycles. The van der Waals surface area contributed by atoms with Gasteiger partial charge in [-0.1, -0.05) is 24.3 Å². The zero-order chi connectivity index (χ0) is 14.7. The van der Waals surface area contributed by atoms with Gasteiger partial charge in [-0.15, -0.1) is 0 Å². The summed E-state index contributed by atoms with van der Waals surface area (Å²) in [5, 5.41) is 6.85. The first-order valence-corrected chi connectivity index (χ1v) is 7.16.